The second kappa shape index (κ2) is 5.45. The molecule has 1 aromatic carbocycles. The van der Waals surface area contributed by atoms with Crippen LogP contribution in [0.5, 0.6) is 0 Å². The highest BCUT2D eigenvalue weighted by atomic mass is 35.5. The molecule has 2 unspecified atom stereocenters. The zero-order chi connectivity index (χ0) is 14.2. The Balaban J connectivity index is 1.62. The van der Waals surface area contributed by atoms with Crippen LogP contribution in [0.4, 0.5) is 4.79 Å². The lowest BCUT2D eigenvalue weighted by Crippen LogP contribution is -2.36. The molecule has 1 aromatic rings. The average molecular weight is 314 g/mol. The third-order valence-corrected chi connectivity index (χ3v) is 5.11. The van der Waals surface area contributed by atoms with E-state index in [1.165, 1.54) is 0 Å². The summed E-state index contributed by atoms with van der Waals surface area (Å²) in [6, 6.07) is 9.57. The number of halogens is 2. The summed E-state index contributed by atoms with van der Waals surface area (Å²) in [4.78, 5) is 13.9. The highest BCUT2D eigenvalue weighted by Gasteiger charge is 2.67. The first kappa shape index (κ1) is 14.0. The number of carbonyl (C=O) groups is 1. The van der Waals surface area contributed by atoms with Crippen molar-refractivity contribution < 1.29 is 9.53 Å². The molecule has 1 heterocycles. The lowest BCUT2D eigenvalue weighted by atomic mass is 10.2. The lowest BCUT2D eigenvalue weighted by Gasteiger charge is -2.22. The molecule has 0 N–H and O–H groups in total. The van der Waals surface area contributed by atoms with Crippen LogP contribution in [0.1, 0.15) is 24.8 Å². The van der Waals surface area contributed by atoms with Crippen molar-refractivity contribution in [2.75, 3.05) is 6.54 Å². The number of hydrogen-bond acceptors (Lipinski definition) is 2. The van der Waals surface area contributed by atoms with Crippen molar-refractivity contribution in [1.29, 1.82) is 0 Å². The molecule has 108 valence electrons. The molecule has 2 atom stereocenters. The summed E-state index contributed by atoms with van der Waals surface area (Å²) in [5, 5.41) is 0. The van der Waals surface area contributed by atoms with E-state index in [1.807, 2.05) is 30.3 Å². The fourth-order valence-corrected chi connectivity index (χ4v) is 3.81. The third kappa shape index (κ3) is 2.61. The number of likely N-dealkylation sites (tertiary alicyclic amines) is 1. The SMILES string of the molecule is O=C(OCc1ccccc1)N1CCCCC2C1C2(Cl)Cl. The van der Waals surface area contributed by atoms with Gasteiger partial charge in [-0.2, -0.15) is 0 Å². The second-order valence-corrected chi connectivity index (χ2v) is 6.90. The molecular weight excluding hydrogens is 297 g/mol. The van der Waals surface area contributed by atoms with Gasteiger partial charge in [-0.05, 0) is 18.4 Å². The molecule has 1 amide bonds. The minimum absolute atomic E-state index is 0.0865. The van der Waals surface area contributed by atoms with Gasteiger partial charge in [-0.1, -0.05) is 60.0 Å². The Hall–Kier alpha value is -0.930. The summed E-state index contributed by atoms with van der Waals surface area (Å²) < 4.78 is 4.60. The number of fused-ring (bicyclic) bond motifs is 1. The van der Waals surface area contributed by atoms with Gasteiger partial charge in [0.05, 0.1) is 6.04 Å². The van der Waals surface area contributed by atoms with E-state index in [-0.39, 0.29) is 24.7 Å². The summed E-state index contributed by atoms with van der Waals surface area (Å²) in [6.07, 6.45) is 2.72. The van der Waals surface area contributed by atoms with E-state index in [0.29, 0.717) is 6.54 Å². The van der Waals surface area contributed by atoms with E-state index >= 15 is 0 Å². The fraction of sp³-hybridized carbons (Fsp3) is 0.533. The maximum atomic E-state index is 12.2. The number of carbonyl (C=O) groups excluding carboxylic acids is 1. The number of benzene rings is 1. The molecule has 2 aliphatic rings. The van der Waals surface area contributed by atoms with Crippen molar-refractivity contribution >= 4 is 29.3 Å². The summed E-state index contributed by atoms with van der Waals surface area (Å²) in [5.41, 5.74) is 0.978. The Kier molecular flexibility index (Phi) is 3.83. The number of alkyl halides is 2. The van der Waals surface area contributed by atoms with Crippen molar-refractivity contribution in [3.05, 3.63) is 35.9 Å². The molecular formula is C15H17Cl2NO2. The summed E-state index contributed by atoms with van der Waals surface area (Å²) in [5.74, 6) is 0.192. The molecule has 2 fully saturated rings. The van der Waals surface area contributed by atoms with Gasteiger partial charge in [-0.25, -0.2) is 4.79 Å². The van der Waals surface area contributed by atoms with Gasteiger partial charge in [0.2, 0.25) is 0 Å². The van der Waals surface area contributed by atoms with Crippen LogP contribution in [-0.2, 0) is 11.3 Å². The van der Waals surface area contributed by atoms with Gasteiger partial charge >= 0.3 is 6.09 Å². The average Bonchev–Trinajstić information content (AvgIpc) is 3.07. The van der Waals surface area contributed by atoms with Crippen LogP contribution in [-0.4, -0.2) is 27.9 Å². The van der Waals surface area contributed by atoms with Crippen LogP contribution in [0.3, 0.4) is 0 Å². The molecule has 20 heavy (non-hydrogen) atoms. The zero-order valence-corrected chi connectivity index (χ0v) is 12.6. The van der Waals surface area contributed by atoms with E-state index in [9.17, 15) is 4.79 Å². The van der Waals surface area contributed by atoms with Crippen molar-refractivity contribution in [1.82, 2.24) is 4.90 Å². The largest absolute Gasteiger partial charge is 0.445 e. The number of nitrogens with zero attached hydrogens (tertiary/aromatic N) is 1. The minimum atomic E-state index is -0.786. The Bertz CT molecular complexity index is 492. The van der Waals surface area contributed by atoms with Crippen LogP contribution in [0.2, 0.25) is 0 Å². The van der Waals surface area contributed by atoms with Crippen LogP contribution in [0.25, 0.3) is 0 Å². The van der Waals surface area contributed by atoms with Gasteiger partial charge in [-0.3, -0.25) is 0 Å². The lowest BCUT2D eigenvalue weighted by molar-refractivity contribution is 0.0929. The van der Waals surface area contributed by atoms with E-state index in [2.05, 4.69) is 0 Å². The van der Waals surface area contributed by atoms with Crippen molar-refractivity contribution in [3.8, 4) is 0 Å². The van der Waals surface area contributed by atoms with E-state index in [0.717, 1.165) is 24.8 Å². The molecule has 1 aliphatic carbocycles. The predicted molar refractivity (Wildman–Crippen MR) is 78.9 cm³/mol. The maximum absolute atomic E-state index is 12.2. The van der Waals surface area contributed by atoms with Crippen molar-refractivity contribution in [3.63, 3.8) is 0 Å². The Labute approximate surface area is 128 Å². The highest BCUT2D eigenvalue weighted by molar-refractivity contribution is 6.52. The van der Waals surface area contributed by atoms with Gasteiger partial charge in [0, 0.05) is 12.5 Å². The summed E-state index contributed by atoms with van der Waals surface area (Å²) in [7, 11) is 0. The molecule has 1 saturated carbocycles. The first-order valence-corrected chi connectivity index (χ1v) is 7.71. The Morgan fingerprint density at radius 2 is 2.05 bits per heavy atom. The number of hydrogen-bond donors (Lipinski definition) is 0. The van der Waals surface area contributed by atoms with Crippen LogP contribution in [0.15, 0.2) is 30.3 Å². The molecule has 3 rings (SSSR count). The van der Waals surface area contributed by atoms with Gasteiger partial charge in [0.15, 0.2) is 0 Å². The topological polar surface area (TPSA) is 29.5 Å². The van der Waals surface area contributed by atoms with Gasteiger partial charge in [0.1, 0.15) is 10.9 Å². The standard InChI is InChI=1S/C15H17Cl2NO2/c16-15(17)12-8-4-5-9-18(13(12)15)14(19)20-10-11-6-2-1-3-7-11/h1-3,6-7,12-13H,4-5,8-10H2. The quantitative estimate of drug-likeness (QED) is 0.773. The molecule has 1 aliphatic heterocycles. The molecule has 0 radical (unpaired) electrons. The second-order valence-electron chi connectivity index (χ2n) is 5.46. The normalized spacial score (nSPS) is 27.4. The fourth-order valence-electron chi connectivity index (χ4n) is 2.94. The molecule has 1 saturated heterocycles. The van der Waals surface area contributed by atoms with Crippen LogP contribution in [0, 0.1) is 5.92 Å². The molecule has 0 spiro atoms. The van der Waals surface area contributed by atoms with Crippen LogP contribution >= 0.6 is 23.2 Å². The van der Waals surface area contributed by atoms with Gasteiger partial charge in [-0.15, -0.1) is 0 Å². The zero-order valence-electron chi connectivity index (χ0n) is 11.1. The smallest absolute Gasteiger partial charge is 0.410 e. The van der Waals surface area contributed by atoms with Crippen molar-refractivity contribution in [2.24, 2.45) is 5.92 Å². The number of amides is 1. The van der Waals surface area contributed by atoms with Crippen LogP contribution < -0.4 is 0 Å². The monoisotopic (exact) mass is 313 g/mol. The van der Waals surface area contributed by atoms with E-state index in [1.54, 1.807) is 4.90 Å². The number of rotatable bonds is 2. The molecule has 5 heteroatoms. The first-order chi connectivity index (χ1) is 9.60. The minimum Gasteiger partial charge on any atom is -0.445 e. The third-order valence-electron chi connectivity index (χ3n) is 4.10. The molecule has 0 bridgehead atoms. The molecule has 3 nitrogen and oxygen atoms in total. The summed E-state index contributed by atoms with van der Waals surface area (Å²) >= 11 is 12.5. The Morgan fingerprint density at radius 3 is 2.80 bits per heavy atom. The van der Waals surface area contributed by atoms with E-state index < -0.39 is 4.33 Å². The summed E-state index contributed by atoms with van der Waals surface area (Å²) in [6.45, 7) is 0.959. The van der Waals surface area contributed by atoms with E-state index in [4.69, 9.17) is 27.9 Å². The first-order valence-electron chi connectivity index (χ1n) is 6.96. The Morgan fingerprint density at radius 1 is 1.30 bits per heavy atom. The highest BCUT2D eigenvalue weighted by Crippen LogP contribution is 2.59. The number of ether oxygens (including phenoxy) is 1. The van der Waals surface area contributed by atoms with Gasteiger partial charge < -0.3 is 9.64 Å². The van der Waals surface area contributed by atoms with Gasteiger partial charge in [0.25, 0.3) is 0 Å². The molecule has 0 aromatic heterocycles. The predicted octanol–water partition coefficient (Wildman–Crippen LogP) is 3.98. The maximum Gasteiger partial charge on any atom is 0.410 e. The van der Waals surface area contributed by atoms with Crippen molar-refractivity contribution in [2.45, 2.75) is 36.2 Å².